The van der Waals surface area contributed by atoms with Crippen molar-refractivity contribution < 1.29 is 9.47 Å². The Morgan fingerprint density at radius 1 is 1.59 bits per heavy atom. The molecule has 17 heavy (non-hydrogen) atoms. The third-order valence-electron chi connectivity index (χ3n) is 2.76. The van der Waals surface area contributed by atoms with Crippen LogP contribution in [-0.4, -0.2) is 37.0 Å². The highest BCUT2D eigenvalue weighted by molar-refractivity contribution is 5.28. The molecule has 1 N–H and O–H groups in total. The molecule has 0 bridgehead atoms. The Morgan fingerprint density at radius 2 is 2.47 bits per heavy atom. The summed E-state index contributed by atoms with van der Waals surface area (Å²) >= 11 is 0. The molecule has 1 aromatic rings. The van der Waals surface area contributed by atoms with E-state index in [-0.39, 0.29) is 6.10 Å². The van der Waals surface area contributed by atoms with Crippen LogP contribution in [0.3, 0.4) is 0 Å². The molecule has 1 aliphatic rings. The highest BCUT2D eigenvalue weighted by atomic mass is 16.6. The Balaban J connectivity index is 1.75. The third kappa shape index (κ3) is 3.30. The number of aromatic nitrogens is 1. The van der Waals surface area contributed by atoms with Crippen molar-refractivity contribution in [1.82, 2.24) is 9.88 Å². The zero-order chi connectivity index (χ0) is 12.1. The Kier molecular flexibility index (Phi) is 4.15. The molecule has 0 aromatic carbocycles. The molecule has 1 saturated heterocycles. The van der Waals surface area contributed by atoms with Crippen molar-refractivity contribution in [3.63, 3.8) is 0 Å². The van der Waals surface area contributed by atoms with Crippen LogP contribution in [0.4, 0.5) is 0 Å². The van der Waals surface area contributed by atoms with E-state index in [1.165, 1.54) is 0 Å². The Morgan fingerprint density at radius 3 is 3.12 bits per heavy atom. The van der Waals surface area contributed by atoms with Gasteiger partial charge in [0.25, 0.3) is 0 Å². The molecule has 1 fully saturated rings. The first-order chi connectivity index (χ1) is 8.29. The second-order valence-corrected chi connectivity index (χ2v) is 4.15. The van der Waals surface area contributed by atoms with E-state index in [9.17, 15) is 0 Å². The molecule has 0 radical (unpaired) electrons. The van der Waals surface area contributed by atoms with Crippen LogP contribution in [0.25, 0.3) is 0 Å². The number of nitrogens with zero attached hydrogens (tertiary/aromatic N) is 2. The van der Waals surface area contributed by atoms with E-state index in [4.69, 9.17) is 14.7 Å². The maximum Gasteiger partial charge on any atom is 0.120 e. The number of rotatable bonds is 4. The average Bonchev–Trinajstić information content (AvgIpc) is 2.71. The molecule has 1 unspecified atom stereocenters. The number of nitrogens with one attached hydrogen (secondary N) is 1. The normalized spacial score (nSPS) is 20.1. The lowest BCUT2D eigenvalue weighted by Crippen LogP contribution is -2.37. The van der Waals surface area contributed by atoms with Crippen LogP contribution in [0, 0.1) is 11.3 Å². The number of nitriles is 1. The third-order valence-corrected chi connectivity index (χ3v) is 2.76. The number of ether oxygens (including phenoxy) is 2. The zero-order valence-electron chi connectivity index (χ0n) is 9.98. The van der Waals surface area contributed by atoms with E-state index in [0.717, 1.165) is 18.7 Å². The van der Waals surface area contributed by atoms with E-state index < -0.39 is 0 Å². The Hall–Kier alpha value is -1.35. The average molecular weight is 235 g/mol. The fourth-order valence-electron chi connectivity index (χ4n) is 1.87. The van der Waals surface area contributed by atoms with Gasteiger partial charge in [0.15, 0.2) is 0 Å². The highest BCUT2D eigenvalue weighted by Gasteiger charge is 2.13. The summed E-state index contributed by atoms with van der Waals surface area (Å²) in [6.07, 6.45) is 2.10. The summed E-state index contributed by atoms with van der Waals surface area (Å²) in [5.74, 6) is 0. The quantitative estimate of drug-likeness (QED) is 0.820. The summed E-state index contributed by atoms with van der Waals surface area (Å²) < 4.78 is 12.7. The summed E-state index contributed by atoms with van der Waals surface area (Å²) in [4.78, 5) is 0. The fraction of sp³-hybridized carbons (Fsp3) is 0.583. The van der Waals surface area contributed by atoms with Crippen LogP contribution in [0.1, 0.15) is 11.3 Å². The summed E-state index contributed by atoms with van der Waals surface area (Å²) in [5, 5.41) is 12.1. The van der Waals surface area contributed by atoms with Crippen molar-refractivity contribution in [2.75, 3.05) is 26.4 Å². The summed E-state index contributed by atoms with van der Waals surface area (Å²) in [6, 6.07) is 4.04. The molecule has 2 rings (SSSR count). The second kappa shape index (κ2) is 5.82. The smallest absolute Gasteiger partial charge is 0.120 e. The van der Waals surface area contributed by atoms with Gasteiger partial charge in [-0.25, -0.2) is 0 Å². The SMILES string of the molecule is Cn1cc(CNCC2COCCO2)cc1C#N. The Bertz CT molecular complexity index is 402. The molecule has 0 amide bonds. The van der Waals surface area contributed by atoms with E-state index >= 15 is 0 Å². The van der Waals surface area contributed by atoms with Gasteiger partial charge in [-0.05, 0) is 11.6 Å². The van der Waals surface area contributed by atoms with E-state index in [1.807, 2.05) is 23.9 Å². The minimum absolute atomic E-state index is 0.142. The van der Waals surface area contributed by atoms with Gasteiger partial charge in [-0.2, -0.15) is 5.26 Å². The van der Waals surface area contributed by atoms with Gasteiger partial charge in [0, 0.05) is 26.3 Å². The predicted molar refractivity (Wildman–Crippen MR) is 62.4 cm³/mol. The van der Waals surface area contributed by atoms with Crippen molar-refractivity contribution in [1.29, 1.82) is 5.26 Å². The number of hydrogen-bond acceptors (Lipinski definition) is 4. The van der Waals surface area contributed by atoms with Crippen molar-refractivity contribution in [2.45, 2.75) is 12.6 Å². The summed E-state index contributed by atoms with van der Waals surface area (Å²) in [6.45, 7) is 3.55. The van der Waals surface area contributed by atoms with Gasteiger partial charge in [-0.3, -0.25) is 0 Å². The maximum absolute atomic E-state index is 8.83. The number of hydrogen-bond donors (Lipinski definition) is 1. The van der Waals surface area contributed by atoms with Crippen LogP contribution in [0.2, 0.25) is 0 Å². The van der Waals surface area contributed by atoms with Gasteiger partial charge in [0.2, 0.25) is 0 Å². The minimum Gasteiger partial charge on any atom is -0.376 e. The van der Waals surface area contributed by atoms with Gasteiger partial charge >= 0.3 is 0 Å². The molecule has 2 heterocycles. The van der Waals surface area contributed by atoms with Crippen LogP contribution in [0.15, 0.2) is 12.3 Å². The van der Waals surface area contributed by atoms with Gasteiger partial charge < -0.3 is 19.4 Å². The van der Waals surface area contributed by atoms with Gasteiger partial charge in [-0.1, -0.05) is 0 Å². The molecule has 92 valence electrons. The van der Waals surface area contributed by atoms with Crippen molar-refractivity contribution in [3.05, 3.63) is 23.5 Å². The highest BCUT2D eigenvalue weighted by Crippen LogP contribution is 2.06. The van der Waals surface area contributed by atoms with Crippen molar-refractivity contribution in [3.8, 4) is 6.07 Å². The fourth-order valence-corrected chi connectivity index (χ4v) is 1.87. The molecular formula is C12H17N3O2. The van der Waals surface area contributed by atoms with Crippen LogP contribution in [0.5, 0.6) is 0 Å². The first-order valence-electron chi connectivity index (χ1n) is 5.75. The monoisotopic (exact) mass is 235 g/mol. The first-order valence-corrected chi connectivity index (χ1v) is 5.75. The predicted octanol–water partition coefficient (Wildman–Crippen LogP) is 0.402. The van der Waals surface area contributed by atoms with Gasteiger partial charge in [0.1, 0.15) is 11.8 Å². The molecule has 5 nitrogen and oxygen atoms in total. The van der Waals surface area contributed by atoms with E-state index in [0.29, 0.717) is 25.5 Å². The number of aryl methyl sites for hydroxylation is 1. The van der Waals surface area contributed by atoms with Crippen LogP contribution < -0.4 is 5.32 Å². The standard InChI is InChI=1S/C12H17N3O2/c1-15-8-10(4-11(15)5-13)6-14-7-12-9-16-2-3-17-12/h4,8,12,14H,2-3,6-7,9H2,1H3. The second-order valence-electron chi connectivity index (χ2n) is 4.15. The minimum atomic E-state index is 0.142. The molecule has 0 aliphatic carbocycles. The molecule has 1 aliphatic heterocycles. The summed E-state index contributed by atoms with van der Waals surface area (Å²) in [5.41, 5.74) is 1.79. The van der Waals surface area contributed by atoms with E-state index in [2.05, 4.69) is 11.4 Å². The lowest BCUT2D eigenvalue weighted by atomic mass is 10.3. The summed E-state index contributed by atoms with van der Waals surface area (Å²) in [7, 11) is 1.88. The van der Waals surface area contributed by atoms with Crippen molar-refractivity contribution >= 4 is 0 Å². The van der Waals surface area contributed by atoms with Crippen LogP contribution >= 0.6 is 0 Å². The lowest BCUT2D eigenvalue weighted by molar-refractivity contribution is -0.0864. The Labute approximate surface area is 101 Å². The molecule has 1 atom stereocenters. The molecular weight excluding hydrogens is 218 g/mol. The topological polar surface area (TPSA) is 59.2 Å². The first kappa shape index (κ1) is 12.1. The molecule has 1 aromatic heterocycles. The van der Waals surface area contributed by atoms with Gasteiger partial charge in [0.05, 0.1) is 25.9 Å². The van der Waals surface area contributed by atoms with E-state index in [1.54, 1.807) is 0 Å². The van der Waals surface area contributed by atoms with Crippen molar-refractivity contribution in [2.24, 2.45) is 7.05 Å². The molecule has 5 heteroatoms. The lowest BCUT2D eigenvalue weighted by Gasteiger charge is -2.23. The van der Waals surface area contributed by atoms with Crippen LogP contribution in [-0.2, 0) is 23.1 Å². The van der Waals surface area contributed by atoms with Gasteiger partial charge in [-0.15, -0.1) is 0 Å². The molecule has 0 saturated carbocycles. The largest absolute Gasteiger partial charge is 0.376 e. The zero-order valence-corrected chi connectivity index (χ0v) is 9.98. The maximum atomic E-state index is 8.83. The molecule has 0 spiro atoms.